The Kier molecular flexibility index (Phi) is 2.24. The van der Waals surface area contributed by atoms with Crippen LogP contribution in [0.3, 0.4) is 0 Å². The Morgan fingerprint density at radius 2 is 2.29 bits per heavy atom. The van der Waals surface area contributed by atoms with Crippen LogP contribution in [0, 0.1) is 0 Å². The van der Waals surface area contributed by atoms with Gasteiger partial charge in [0.05, 0.1) is 5.69 Å². The second kappa shape index (κ2) is 3.65. The average Bonchev–Trinajstić information content (AvgIpc) is 3.04. The summed E-state index contributed by atoms with van der Waals surface area (Å²) in [5, 5.41) is 5.66. The molecule has 0 amide bonds. The van der Waals surface area contributed by atoms with E-state index in [0.29, 0.717) is 12.3 Å². The maximum absolute atomic E-state index is 11.1. The fourth-order valence-electron chi connectivity index (χ4n) is 2.25. The number of hydrogen-bond acceptors (Lipinski definition) is 3. The van der Waals surface area contributed by atoms with Crippen LogP contribution < -0.4 is 0 Å². The Morgan fingerprint density at radius 1 is 1.53 bits per heavy atom. The first-order chi connectivity index (χ1) is 8.15. The van der Waals surface area contributed by atoms with Gasteiger partial charge in [0.1, 0.15) is 5.78 Å². The molecule has 0 radical (unpaired) electrons. The second-order valence-corrected chi connectivity index (χ2v) is 4.88. The van der Waals surface area contributed by atoms with E-state index in [1.807, 2.05) is 11.7 Å². The molecule has 0 unspecified atom stereocenters. The highest BCUT2D eigenvalue weighted by Gasteiger charge is 2.29. The van der Waals surface area contributed by atoms with Crippen LogP contribution in [0.5, 0.6) is 0 Å². The molecular formula is C13H15N3O. The minimum atomic E-state index is 0.169. The van der Waals surface area contributed by atoms with Crippen molar-refractivity contribution in [2.24, 2.45) is 7.05 Å². The molecule has 2 heterocycles. The monoisotopic (exact) mass is 229 g/mol. The number of Topliss-reactive ketones (excluding diaryl/α,β-unsaturated/α-hetero) is 1. The Morgan fingerprint density at radius 3 is 2.94 bits per heavy atom. The molecular weight excluding hydrogens is 214 g/mol. The van der Waals surface area contributed by atoms with E-state index in [1.54, 1.807) is 13.1 Å². The average molecular weight is 229 g/mol. The van der Waals surface area contributed by atoms with Crippen LogP contribution in [-0.4, -0.2) is 20.5 Å². The van der Waals surface area contributed by atoms with Crippen molar-refractivity contribution >= 4 is 16.8 Å². The molecule has 1 fully saturated rings. The van der Waals surface area contributed by atoms with E-state index in [0.717, 1.165) is 22.3 Å². The highest BCUT2D eigenvalue weighted by molar-refractivity contribution is 5.83. The number of hydrogen-bond donors (Lipinski definition) is 0. The molecule has 0 aromatic carbocycles. The minimum absolute atomic E-state index is 0.169. The summed E-state index contributed by atoms with van der Waals surface area (Å²) in [6, 6.07) is 2.07. The first-order valence-electron chi connectivity index (χ1n) is 5.96. The Labute approximate surface area is 99.7 Å². The predicted octanol–water partition coefficient (Wildman–Crippen LogP) is 1.98. The van der Waals surface area contributed by atoms with Gasteiger partial charge in [-0.15, -0.1) is 0 Å². The van der Waals surface area contributed by atoms with E-state index < -0.39 is 0 Å². The zero-order chi connectivity index (χ0) is 12.0. The number of fused-ring (bicyclic) bond motifs is 1. The van der Waals surface area contributed by atoms with E-state index in [4.69, 9.17) is 0 Å². The summed E-state index contributed by atoms with van der Waals surface area (Å²) in [6.45, 7) is 1.61. The van der Waals surface area contributed by atoms with E-state index in [-0.39, 0.29) is 5.78 Å². The molecule has 0 aliphatic heterocycles. The van der Waals surface area contributed by atoms with Gasteiger partial charge in [-0.1, -0.05) is 0 Å². The maximum Gasteiger partial charge on any atom is 0.157 e. The molecule has 2 aromatic rings. The summed E-state index contributed by atoms with van der Waals surface area (Å²) in [6.07, 6.45) is 4.69. The van der Waals surface area contributed by atoms with Gasteiger partial charge in [-0.2, -0.15) is 5.10 Å². The third-order valence-electron chi connectivity index (χ3n) is 3.18. The third-order valence-corrected chi connectivity index (χ3v) is 3.18. The number of aryl methyl sites for hydroxylation is 1. The van der Waals surface area contributed by atoms with Gasteiger partial charge in [0.15, 0.2) is 5.65 Å². The fraction of sp³-hybridized carbons (Fsp3) is 0.462. The van der Waals surface area contributed by atoms with Crippen LogP contribution in [0.15, 0.2) is 12.3 Å². The smallest absolute Gasteiger partial charge is 0.157 e. The summed E-state index contributed by atoms with van der Waals surface area (Å²) in [5.74, 6) is 0.774. The summed E-state index contributed by atoms with van der Waals surface area (Å²) in [4.78, 5) is 15.5. The number of nitrogens with zero attached hydrogens (tertiary/aromatic N) is 3. The summed E-state index contributed by atoms with van der Waals surface area (Å²) in [5.41, 5.74) is 3.06. The Bertz CT molecular complexity index is 596. The highest BCUT2D eigenvalue weighted by Crippen LogP contribution is 2.42. The summed E-state index contributed by atoms with van der Waals surface area (Å²) in [7, 11) is 1.92. The van der Waals surface area contributed by atoms with Crippen LogP contribution in [0.4, 0.5) is 0 Å². The number of carbonyl (C=O) groups excluding carboxylic acids is 1. The van der Waals surface area contributed by atoms with E-state index in [1.165, 1.54) is 12.8 Å². The molecule has 0 atom stereocenters. The molecule has 0 bridgehead atoms. The topological polar surface area (TPSA) is 47.8 Å². The number of rotatable bonds is 3. The lowest BCUT2D eigenvalue weighted by molar-refractivity contribution is -0.116. The molecule has 0 N–H and O–H groups in total. The zero-order valence-corrected chi connectivity index (χ0v) is 10.1. The first-order valence-corrected chi connectivity index (χ1v) is 5.96. The van der Waals surface area contributed by atoms with Crippen molar-refractivity contribution in [3.63, 3.8) is 0 Å². The molecule has 1 aliphatic rings. The van der Waals surface area contributed by atoms with Gasteiger partial charge in [0, 0.05) is 31.0 Å². The van der Waals surface area contributed by atoms with Crippen molar-refractivity contribution in [1.29, 1.82) is 0 Å². The van der Waals surface area contributed by atoms with Crippen molar-refractivity contribution in [3.8, 4) is 0 Å². The van der Waals surface area contributed by atoms with Crippen LogP contribution in [0.1, 0.15) is 36.9 Å². The molecule has 4 nitrogen and oxygen atoms in total. The van der Waals surface area contributed by atoms with E-state index in [2.05, 4.69) is 16.1 Å². The van der Waals surface area contributed by atoms with Gasteiger partial charge in [0.25, 0.3) is 0 Å². The minimum Gasteiger partial charge on any atom is -0.300 e. The van der Waals surface area contributed by atoms with E-state index >= 15 is 0 Å². The molecule has 0 spiro atoms. The van der Waals surface area contributed by atoms with Crippen molar-refractivity contribution in [1.82, 2.24) is 14.8 Å². The van der Waals surface area contributed by atoms with Crippen molar-refractivity contribution in [3.05, 3.63) is 23.5 Å². The van der Waals surface area contributed by atoms with Crippen LogP contribution >= 0.6 is 0 Å². The van der Waals surface area contributed by atoms with Gasteiger partial charge < -0.3 is 0 Å². The molecule has 3 rings (SSSR count). The maximum atomic E-state index is 11.1. The highest BCUT2D eigenvalue weighted by atomic mass is 16.1. The molecule has 1 aliphatic carbocycles. The predicted molar refractivity (Wildman–Crippen MR) is 64.9 cm³/mol. The molecule has 17 heavy (non-hydrogen) atoms. The van der Waals surface area contributed by atoms with Gasteiger partial charge in [-0.3, -0.25) is 9.48 Å². The molecule has 1 saturated carbocycles. The van der Waals surface area contributed by atoms with Crippen molar-refractivity contribution in [2.75, 3.05) is 0 Å². The van der Waals surface area contributed by atoms with Crippen LogP contribution in [0.25, 0.3) is 11.0 Å². The molecule has 88 valence electrons. The number of ketones is 1. The SMILES string of the molecule is CC(=O)Cc1cnc2c(c1)c(C1CC1)nn2C. The molecule has 4 heteroatoms. The fourth-order valence-corrected chi connectivity index (χ4v) is 2.25. The largest absolute Gasteiger partial charge is 0.300 e. The number of aromatic nitrogens is 3. The second-order valence-electron chi connectivity index (χ2n) is 4.88. The van der Waals surface area contributed by atoms with Gasteiger partial charge in [0.2, 0.25) is 0 Å². The Balaban J connectivity index is 2.12. The third kappa shape index (κ3) is 1.84. The number of carbonyl (C=O) groups is 1. The van der Waals surface area contributed by atoms with E-state index in [9.17, 15) is 4.79 Å². The molecule has 0 saturated heterocycles. The Hall–Kier alpha value is -1.71. The van der Waals surface area contributed by atoms with Crippen molar-refractivity contribution < 1.29 is 4.79 Å². The van der Waals surface area contributed by atoms with Gasteiger partial charge >= 0.3 is 0 Å². The van der Waals surface area contributed by atoms with Crippen LogP contribution in [-0.2, 0) is 18.3 Å². The van der Waals surface area contributed by atoms with Crippen LogP contribution in [0.2, 0.25) is 0 Å². The first kappa shape index (κ1) is 10.4. The molecule has 2 aromatic heterocycles. The lowest BCUT2D eigenvalue weighted by Gasteiger charge is -1.99. The van der Waals surface area contributed by atoms with Gasteiger partial charge in [-0.05, 0) is 31.4 Å². The summed E-state index contributed by atoms with van der Waals surface area (Å²) < 4.78 is 1.83. The lowest BCUT2D eigenvalue weighted by atomic mass is 10.1. The zero-order valence-electron chi connectivity index (χ0n) is 10.1. The summed E-state index contributed by atoms with van der Waals surface area (Å²) >= 11 is 0. The quantitative estimate of drug-likeness (QED) is 0.808. The van der Waals surface area contributed by atoms with Crippen molar-refractivity contribution in [2.45, 2.75) is 32.1 Å². The van der Waals surface area contributed by atoms with Gasteiger partial charge in [-0.25, -0.2) is 4.98 Å². The normalized spacial score (nSPS) is 15.4. The number of pyridine rings is 1. The standard InChI is InChI=1S/C13H15N3O/c1-8(17)5-9-6-11-12(10-3-4-10)15-16(2)13(11)14-7-9/h6-7,10H,3-5H2,1-2H3. The lowest BCUT2D eigenvalue weighted by Crippen LogP contribution is -1.97.